The molecular formula is C23H16Cl2N2O4. The molecule has 31 heavy (non-hydrogen) atoms. The molecule has 0 aliphatic carbocycles. The molecule has 2 aromatic heterocycles. The van der Waals surface area contributed by atoms with Gasteiger partial charge in [-0.1, -0.05) is 35.3 Å². The fourth-order valence-corrected chi connectivity index (χ4v) is 3.92. The molecule has 1 aliphatic rings. The van der Waals surface area contributed by atoms with Crippen molar-refractivity contribution in [3.63, 3.8) is 0 Å². The van der Waals surface area contributed by atoms with Gasteiger partial charge in [0.15, 0.2) is 11.5 Å². The molecule has 0 saturated carbocycles. The van der Waals surface area contributed by atoms with Gasteiger partial charge in [-0.2, -0.15) is 0 Å². The normalized spacial score (nSPS) is 12.3. The minimum atomic E-state index is -0.233. The maximum Gasteiger partial charge on any atom is 0.256 e. The molecule has 5 rings (SSSR count). The number of benzene rings is 2. The van der Waals surface area contributed by atoms with Gasteiger partial charge in [0.05, 0.1) is 28.9 Å². The average Bonchev–Trinajstić information content (AvgIpc) is 3.43. The van der Waals surface area contributed by atoms with E-state index >= 15 is 0 Å². The first-order valence-electron chi connectivity index (χ1n) is 9.53. The number of hydrogen-bond donors (Lipinski definition) is 0. The van der Waals surface area contributed by atoms with E-state index in [1.54, 1.807) is 47.6 Å². The van der Waals surface area contributed by atoms with Crippen molar-refractivity contribution in [1.82, 2.24) is 9.88 Å². The van der Waals surface area contributed by atoms with Gasteiger partial charge in [0.1, 0.15) is 10.9 Å². The maximum atomic E-state index is 13.3. The summed E-state index contributed by atoms with van der Waals surface area (Å²) in [6.45, 7) is 0.656. The fourth-order valence-electron chi connectivity index (χ4n) is 3.50. The second-order valence-electron chi connectivity index (χ2n) is 7.06. The molecule has 4 aromatic rings. The number of ether oxygens (including phenoxy) is 2. The monoisotopic (exact) mass is 454 g/mol. The zero-order chi connectivity index (χ0) is 21.4. The molecule has 156 valence electrons. The Labute approximate surface area is 187 Å². The highest BCUT2D eigenvalue weighted by molar-refractivity contribution is 6.33. The third-order valence-electron chi connectivity index (χ3n) is 5.01. The number of carbonyl (C=O) groups excluding carboxylic acids is 1. The van der Waals surface area contributed by atoms with Crippen LogP contribution in [0.5, 0.6) is 11.5 Å². The highest BCUT2D eigenvalue weighted by atomic mass is 35.5. The first-order chi connectivity index (χ1) is 15.1. The number of carbonyl (C=O) groups is 1. The van der Waals surface area contributed by atoms with Crippen LogP contribution in [0.4, 0.5) is 0 Å². The first kappa shape index (κ1) is 19.7. The Morgan fingerprint density at radius 3 is 2.58 bits per heavy atom. The largest absolute Gasteiger partial charge is 0.467 e. The van der Waals surface area contributed by atoms with E-state index in [9.17, 15) is 4.79 Å². The Bertz CT molecular complexity index is 1270. The number of fused-ring (bicyclic) bond motifs is 2. The van der Waals surface area contributed by atoms with Gasteiger partial charge in [-0.05, 0) is 36.4 Å². The van der Waals surface area contributed by atoms with Gasteiger partial charge in [-0.25, -0.2) is 4.98 Å². The van der Waals surface area contributed by atoms with Crippen LogP contribution in [-0.4, -0.2) is 22.6 Å². The molecule has 0 N–H and O–H groups in total. The Morgan fingerprint density at radius 2 is 1.81 bits per heavy atom. The molecule has 1 aliphatic heterocycles. The van der Waals surface area contributed by atoms with Crippen LogP contribution >= 0.6 is 23.2 Å². The number of hydrogen-bond acceptors (Lipinski definition) is 5. The molecule has 0 radical (unpaired) electrons. The SMILES string of the molecule is O=C(c1ccccc1Cl)N(Cc1ccco1)Cc1cc2cc3c(cc2nc1Cl)OCO3. The van der Waals surface area contributed by atoms with E-state index in [0.29, 0.717) is 44.1 Å². The van der Waals surface area contributed by atoms with Crippen molar-refractivity contribution < 1.29 is 18.7 Å². The van der Waals surface area contributed by atoms with Crippen molar-refractivity contribution in [2.75, 3.05) is 6.79 Å². The zero-order valence-corrected chi connectivity index (χ0v) is 17.7. The average molecular weight is 455 g/mol. The number of aromatic nitrogens is 1. The smallest absolute Gasteiger partial charge is 0.256 e. The lowest BCUT2D eigenvalue weighted by Gasteiger charge is -2.23. The summed E-state index contributed by atoms with van der Waals surface area (Å²) < 4.78 is 16.3. The van der Waals surface area contributed by atoms with Gasteiger partial charge >= 0.3 is 0 Å². The molecule has 0 bridgehead atoms. The van der Waals surface area contributed by atoms with Crippen LogP contribution in [0.3, 0.4) is 0 Å². The van der Waals surface area contributed by atoms with Gasteiger partial charge in [-0.15, -0.1) is 0 Å². The quantitative estimate of drug-likeness (QED) is 0.361. The number of furan rings is 1. The number of halogens is 2. The summed E-state index contributed by atoms with van der Waals surface area (Å²) in [6, 6.07) is 16.1. The predicted octanol–water partition coefficient (Wildman–Crippen LogP) is 5.71. The number of amides is 1. The summed E-state index contributed by atoms with van der Waals surface area (Å²) in [5.41, 5.74) is 1.79. The second kappa shape index (κ2) is 8.13. The molecule has 6 nitrogen and oxygen atoms in total. The fraction of sp³-hybridized carbons (Fsp3) is 0.130. The number of pyridine rings is 1. The topological polar surface area (TPSA) is 64.8 Å². The van der Waals surface area contributed by atoms with E-state index in [-0.39, 0.29) is 25.8 Å². The number of rotatable bonds is 5. The number of nitrogens with zero attached hydrogens (tertiary/aromatic N) is 2. The van der Waals surface area contributed by atoms with Crippen LogP contribution in [0.15, 0.2) is 65.3 Å². The van der Waals surface area contributed by atoms with Gasteiger partial charge < -0.3 is 18.8 Å². The minimum absolute atomic E-state index is 0.176. The van der Waals surface area contributed by atoms with Crippen molar-refractivity contribution >= 4 is 40.0 Å². The van der Waals surface area contributed by atoms with Crippen molar-refractivity contribution in [3.05, 3.63) is 87.9 Å². The molecule has 0 unspecified atom stereocenters. The highest BCUT2D eigenvalue weighted by Crippen LogP contribution is 2.36. The maximum absolute atomic E-state index is 13.3. The minimum Gasteiger partial charge on any atom is -0.467 e. The molecule has 0 fully saturated rings. The highest BCUT2D eigenvalue weighted by Gasteiger charge is 2.22. The molecule has 8 heteroatoms. The third-order valence-corrected chi connectivity index (χ3v) is 5.67. The van der Waals surface area contributed by atoms with E-state index in [2.05, 4.69) is 4.98 Å². The Kier molecular flexibility index (Phi) is 5.18. The van der Waals surface area contributed by atoms with Crippen molar-refractivity contribution in [3.8, 4) is 11.5 Å². The molecular weight excluding hydrogens is 439 g/mol. The molecule has 0 spiro atoms. The third kappa shape index (κ3) is 3.92. The van der Waals surface area contributed by atoms with Crippen molar-refractivity contribution in [2.24, 2.45) is 0 Å². The van der Waals surface area contributed by atoms with E-state index in [0.717, 1.165) is 5.39 Å². The lowest BCUT2D eigenvalue weighted by molar-refractivity contribution is 0.0718. The Morgan fingerprint density at radius 1 is 1.00 bits per heavy atom. The van der Waals surface area contributed by atoms with Gasteiger partial charge in [0.2, 0.25) is 6.79 Å². The van der Waals surface area contributed by atoms with E-state index in [1.165, 1.54) is 0 Å². The Balaban J connectivity index is 1.52. The molecule has 0 saturated heterocycles. The van der Waals surface area contributed by atoms with Gasteiger partial charge in [-0.3, -0.25) is 4.79 Å². The van der Waals surface area contributed by atoms with Crippen LogP contribution in [0.2, 0.25) is 10.2 Å². The van der Waals surface area contributed by atoms with E-state index in [4.69, 9.17) is 37.1 Å². The summed E-state index contributed by atoms with van der Waals surface area (Å²) in [4.78, 5) is 19.4. The van der Waals surface area contributed by atoms with E-state index < -0.39 is 0 Å². The Hall–Kier alpha value is -3.22. The molecule has 3 heterocycles. The van der Waals surface area contributed by atoms with Crippen LogP contribution in [0.1, 0.15) is 21.7 Å². The van der Waals surface area contributed by atoms with Crippen molar-refractivity contribution in [2.45, 2.75) is 13.1 Å². The zero-order valence-electron chi connectivity index (χ0n) is 16.2. The summed E-state index contributed by atoms with van der Waals surface area (Å²) in [7, 11) is 0. The summed E-state index contributed by atoms with van der Waals surface area (Å²) >= 11 is 12.8. The van der Waals surface area contributed by atoms with Crippen LogP contribution in [0, 0.1) is 0 Å². The lowest BCUT2D eigenvalue weighted by atomic mass is 10.1. The van der Waals surface area contributed by atoms with Crippen LogP contribution in [0.25, 0.3) is 10.9 Å². The summed E-state index contributed by atoms with van der Waals surface area (Å²) in [6.07, 6.45) is 1.57. The van der Waals surface area contributed by atoms with Gasteiger partial charge in [0.25, 0.3) is 5.91 Å². The lowest BCUT2D eigenvalue weighted by Crippen LogP contribution is -2.30. The van der Waals surface area contributed by atoms with Crippen LogP contribution < -0.4 is 9.47 Å². The molecule has 1 amide bonds. The summed E-state index contributed by atoms with van der Waals surface area (Å²) in [5.74, 6) is 1.71. The first-order valence-corrected chi connectivity index (χ1v) is 10.3. The molecule has 0 atom stereocenters. The van der Waals surface area contributed by atoms with Crippen molar-refractivity contribution in [1.29, 1.82) is 0 Å². The van der Waals surface area contributed by atoms with Gasteiger partial charge in [0, 0.05) is 23.6 Å². The standard InChI is InChI=1S/C23H16Cl2N2O4/c24-18-6-2-1-5-17(18)23(28)27(12-16-4-3-7-29-16)11-15-8-14-9-20-21(31-13-30-20)10-19(14)26-22(15)25/h1-10H,11-13H2. The molecule has 2 aromatic carbocycles. The second-order valence-corrected chi connectivity index (χ2v) is 7.82. The summed E-state index contributed by atoms with van der Waals surface area (Å²) in [5, 5.41) is 1.53. The van der Waals surface area contributed by atoms with E-state index in [1.807, 2.05) is 18.2 Å². The predicted molar refractivity (Wildman–Crippen MR) is 117 cm³/mol. The van der Waals surface area contributed by atoms with Crippen LogP contribution in [-0.2, 0) is 13.1 Å².